The van der Waals surface area contributed by atoms with Crippen molar-refractivity contribution in [2.45, 2.75) is 0 Å². The Kier molecular flexibility index (Phi) is 2.46. The SMILES string of the molecule is Fc1ccc(-c2[c]ccc(F)c2F)cc1. The second-order valence-corrected chi connectivity index (χ2v) is 3.02. The van der Waals surface area contributed by atoms with Gasteiger partial charge in [-0.05, 0) is 29.8 Å². The third-order valence-electron chi connectivity index (χ3n) is 2.02. The summed E-state index contributed by atoms with van der Waals surface area (Å²) in [4.78, 5) is 0. The van der Waals surface area contributed by atoms with Gasteiger partial charge in [0.05, 0.1) is 0 Å². The van der Waals surface area contributed by atoms with Crippen LogP contribution in [0.3, 0.4) is 0 Å². The molecule has 0 aliphatic carbocycles. The van der Waals surface area contributed by atoms with Crippen molar-refractivity contribution in [1.29, 1.82) is 0 Å². The third-order valence-corrected chi connectivity index (χ3v) is 2.02. The molecule has 3 heteroatoms. The monoisotopic (exact) mass is 207 g/mol. The molecule has 0 saturated carbocycles. The van der Waals surface area contributed by atoms with Crippen LogP contribution in [0.15, 0.2) is 36.4 Å². The number of halogens is 3. The van der Waals surface area contributed by atoms with Crippen molar-refractivity contribution in [3.8, 4) is 11.1 Å². The van der Waals surface area contributed by atoms with Crippen molar-refractivity contribution in [3.63, 3.8) is 0 Å². The van der Waals surface area contributed by atoms with Gasteiger partial charge >= 0.3 is 0 Å². The minimum absolute atomic E-state index is 0.00926. The van der Waals surface area contributed by atoms with Crippen LogP contribution >= 0.6 is 0 Å². The van der Waals surface area contributed by atoms with Crippen molar-refractivity contribution >= 4 is 0 Å². The fourth-order valence-electron chi connectivity index (χ4n) is 1.28. The van der Waals surface area contributed by atoms with E-state index in [4.69, 9.17) is 0 Å². The van der Waals surface area contributed by atoms with Gasteiger partial charge in [-0.1, -0.05) is 18.2 Å². The van der Waals surface area contributed by atoms with Crippen molar-refractivity contribution in [1.82, 2.24) is 0 Å². The van der Waals surface area contributed by atoms with E-state index in [1.54, 1.807) is 0 Å². The second-order valence-electron chi connectivity index (χ2n) is 3.02. The van der Waals surface area contributed by atoms with E-state index in [2.05, 4.69) is 6.07 Å². The normalized spacial score (nSPS) is 10.3. The highest BCUT2D eigenvalue weighted by Gasteiger charge is 2.09. The maximum atomic E-state index is 13.3. The largest absolute Gasteiger partial charge is 0.207 e. The molecule has 0 amide bonds. The lowest BCUT2D eigenvalue weighted by atomic mass is 10.1. The van der Waals surface area contributed by atoms with Crippen molar-refractivity contribution < 1.29 is 13.2 Å². The van der Waals surface area contributed by atoms with E-state index in [0.717, 1.165) is 6.07 Å². The van der Waals surface area contributed by atoms with Gasteiger partial charge in [0.2, 0.25) is 0 Å². The summed E-state index contributed by atoms with van der Waals surface area (Å²) in [5, 5.41) is 0. The van der Waals surface area contributed by atoms with Gasteiger partial charge in [0, 0.05) is 5.56 Å². The highest BCUT2D eigenvalue weighted by Crippen LogP contribution is 2.23. The molecule has 0 bridgehead atoms. The van der Waals surface area contributed by atoms with Crippen LogP contribution in [0.2, 0.25) is 0 Å². The van der Waals surface area contributed by atoms with Gasteiger partial charge < -0.3 is 0 Å². The predicted octanol–water partition coefficient (Wildman–Crippen LogP) is 3.57. The molecule has 0 unspecified atom stereocenters. The molecule has 15 heavy (non-hydrogen) atoms. The number of benzene rings is 2. The average molecular weight is 207 g/mol. The maximum Gasteiger partial charge on any atom is 0.167 e. The molecule has 1 radical (unpaired) electrons. The lowest BCUT2D eigenvalue weighted by Gasteiger charge is -2.02. The lowest BCUT2D eigenvalue weighted by molar-refractivity contribution is 0.511. The average Bonchev–Trinajstić information content (AvgIpc) is 2.24. The van der Waals surface area contributed by atoms with Crippen molar-refractivity contribution in [2.75, 3.05) is 0 Å². The van der Waals surface area contributed by atoms with E-state index >= 15 is 0 Å². The molecule has 0 aromatic heterocycles. The molecule has 0 aliphatic heterocycles. The van der Waals surface area contributed by atoms with E-state index in [-0.39, 0.29) is 5.56 Å². The molecule has 2 rings (SSSR count). The zero-order valence-corrected chi connectivity index (χ0v) is 7.60. The summed E-state index contributed by atoms with van der Waals surface area (Å²) in [6.07, 6.45) is 0. The van der Waals surface area contributed by atoms with Crippen LogP contribution in [0.1, 0.15) is 0 Å². The fraction of sp³-hybridized carbons (Fsp3) is 0. The standard InChI is InChI=1S/C12H6F3/c13-9-6-4-8(5-7-9)10-2-1-3-11(14)12(10)15/h1,3-7H. The molecule has 0 fully saturated rings. The van der Waals surface area contributed by atoms with E-state index in [0.29, 0.717) is 5.56 Å². The first kappa shape index (κ1) is 9.77. The fourth-order valence-corrected chi connectivity index (χ4v) is 1.28. The van der Waals surface area contributed by atoms with Crippen LogP contribution in [0, 0.1) is 23.5 Å². The molecule has 0 saturated heterocycles. The van der Waals surface area contributed by atoms with Gasteiger partial charge in [0.25, 0.3) is 0 Å². The van der Waals surface area contributed by atoms with Gasteiger partial charge in [-0.2, -0.15) is 0 Å². The zero-order valence-electron chi connectivity index (χ0n) is 7.60. The summed E-state index contributed by atoms with van der Waals surface area (Å²) in [7, 11) is 0. The Balaban J connectivity index is 2.54. The third kappa shape index (κ3) is 1.86. The Morgan fingerprint density at radius 2 is 1.53 bits per heavy atom. The summed E-state index contributed by atoms with van der Waals surface area (Å²) < 4.78 is 38.8. The topological polar surface area (TPSA) is 0 Å². The molecular weight excluding hydrogens is 201 g/mol. The van der Waals surface area contributed by atoms with E-state index in [1.807, 2.05) is 0 Å². The molecule has 2 aromatic rings. The summed E-state index contributed by atoms with van der Waals surface area (Å²) >= 11 is 0. The Labute approximate surface area is 85.0 Å². The van der Waals surface area contributed by atoms with Crippen LogP contribution in [-0.2, 0) is 0 Å². The first-order valence-electron chi connectivity index (χ1n) is 4.30. The summed E-state index contributed by atoms with van der Waals surface area (Å²) in [6, 6.07) is 9.99. The zero-order chi connectivity index (χ0) is 10.8. The molecule has 75 valence electrons. The van der Waals surface area contributed by atoms with Crippen molar-refractivity contribution in [3.05, 3.63) is 59.9 Å². The Morgan fingerprint density at radius 3 is 2.20 bits per heavy atom. The predicted molar refractivity (Wildman–Crippen MR) is 50.6 cm³/mol. The summed E-state index contributed by atoms with van der Waals surface area (Å²) in [6.45, 7) is 0. The molecular formula is C12H6F3. The summed E-state index contributed by atoms with van der Waals surface area (Å²) in [5.74, 6) is -2.33. The molecule has 0 nitrogen and oxygen atoms in total. The Morgan fingerprint density at radius 1 is 0.867 bits per heavy atom. The number of rotatable bonds is 1. The highest BCUT2D eigenvalue weighted by molar-refractivity contribution is 5.63. The molecule has 0 aliphatic rings. The van der Waals surface area contributed by atoms with Gasteiger partial charge in [-0.15, -0.1) is 0 Å². The first-order valence-corrected chi connectivity index (χ1v) is 4.30. The molecule has 0 spiro atoms. The first-order chi connectivity index (χ1) is 7.18. The van der Waals surface area contributed by atoms with Crippen LogP contribution in [0.25, 0.3) is 11.1 Å². The van der Waals surface area contributed by atoms with Crippen LogP contribution < -0.4 is 0 Å². The number of hydrogen-bond acceptors (Lipinski definition) is 0. The maximum absolute atomic E-state index is 13.3. The Bertz CT molecular complexity index is 475. The lowest BCUT2D eigenvalue weighted by Crippen LogP contribution is -1.89. The quantitative estimate of drug-likeness (QED) is 0.670. The smallest absolute Gasteiger partial charge is 0.167 e. The van der Waals surface area contributed by atoms with Gasteiger partial charge in [0.1, 0.15) is 5.82 Å². The van der Waals surface area contributed by atoms with Crippen LogP contribution in [0.5, 0.6) is 0 Å². The van der Waals surface area contributed by atoms with E-state index < -0.39 is 17.5 Å². The molecule has 2 aromatic carbocycles. The summed E-state index contributed by atoms with van der Waals surface area (Å²) in [5.41, 5.74) is 0.406. The second kappa shape index (κ2) is 3.77. The number of hydrogen-bond donors (Lipinski definition) is 0. The molecule has 0 N–H and O–H groups in total. The van der Waals surface area contributed by atoms with Crippen molar-refractivity contribution in [2.24, 2.45) is 0 Å². The molecule has 0 heterocycles. The highest BCUT2D eigenvalue weighted by atomic mass is 19.2. The van der Waals surface area contributed by atoms with Crippen LogP contribution in [0.4, 0.5) is 13.2 Å². The van der Waals surface area contributed by atoms with Gasteiger partial charge in [-0.25, -0.2) is 13.2 Å². The minimum atomic E-state index is -0.968. The van der Waals surface area contributed by atoms with Gasteiger partial charge in [0.15, 0.2) is 11.6 Å². The van der Waals surface area contributed by atoms with Crippen LogP contribution in [-0.4, -0.2) is 0 Å². The van der Waals surface area contributed by atoms with Gasteiger partial charge in [-0.3, -0.25) is 0 Å². The minimum Gasteiger partial charge on any atom is -0.207 e. The molecule has 0 atom stereocenters. The van der Waals surface area contributed by atoms with E-state index in [1.165, 1.54) is 30.3 Å². The Hall–Kier alpha value is -1.77. The van der Waals surface area contributed by atoms with E-state index in [9.17, 15) is 13.2 Å².